The average Bonchev–Trinajstić information content (AvgIpc) is 2.37. The topological polar surface area (TPSA) is 118 Å². The van der Waals surface area contributed by atoms with Crippen LogP contribution in [0, 0.1) is 10.1 Å². The van der Waals surface area contributed by atoms with Gasteiger partial charge in [0.25, 0.3) is 0 Å². The molecule has 1 aliphatic heterocycles. The molecular weight excluding hydrogens is 298 g/mol. The third kappa shape index (κ3) is 3.38. The van der Waals surface area contributed by atoms with E-state index in [9.17, 15) is 18.5 Å². The Bertz CT molecular complexity index is 648. The molecule has 0 amide bonds. The smallest absolute Gasteiger partial charge is 0.329 e. The van der Waals surface area contributed by atoms with Gasteiger partial charge >= 0.3 is 5.69 Å². The number of nitrogens with zero attached hydrogens (tertiary/aromatic N) is 4. The molecular formula is C11H17N5O4S. The quantitative estimate of drug-likeness (QED) is 0.628. The minimum absolute atomic E-state index is 0.0327. The van der Waals surface area contributed by atoms with Crippen LogP contribution < -0.4 is 10.2 Å². The van der Waals surface area contributed by atoms with Gasteiger partial charge in [0.1, 0.15) is 6.20 Å². The van der Waals surface area contributed by atoms with E-state index in [1.54, 1.807) is 11.8 Å². The highest BCUT2D eigenvalue weighted by Gasteiger charge is 2.33. The lowest BCUT2D eigenvalue weighted by Gasteiger charge is -2.33. The summed E-state index contributed by atoms with van der Waals surface area (Å²) in [5.41, 5.74) is -0.220. The van der Waals surface area contributed by atoms with E-state index in [4.69, 9.17) is 0 Å². The predicted molar refractivity (Wildman–Crippen MR) is 78.3 cm³/mol. The van der Waals surface area contributed by atoms with Gasteiger partial charge in [0.15, 0.2) is 9.84 Å². The molecule has 1 aromatic rings. The lowest BCUT2D eigenvalue weighted by Crippen LogP contribution is -2.47. The Morgan fingerprint density at radius 1 is 1.57 bits per heavy atom. The molecule has 0 aliphatic carbocycles. The molecule has 1 unspecified atom stereocenters. The number of nitro groups is 1. The second-order valence-electron chi connectivity index (χ2n) is 4.85. The van der Waals surface area contributed by atoms with Crippen molar-refractivity contribution < 1.29 is 13.3 Å². The number of sulfone groups is 1. The van der Waals surface area contributed by atoms with Crippen LogP contribution in [-0.4, -0.2) is 53.9 Å². The number of aromatic nitrogens is 2. The summed E-state index contributed by atoms with van der Waals surface area (Å²) < 4.78 is 23.2. The van der Waals surface area contributed by atoms with Gasteiger partial charge in [0.05, 0.1) is 16.4 Å². The molecule has 10 heteroatoms. The van der Waals surface area contributed by atoms with Crippen LogP contribution in [0.1, 0.15) is 13.8 Å². The van der Waals surface area contributed by atoms with E-state index in [0.29, 0.717) is 12.5 Å². The van der Waals surface area contributed by atoms with Gasteiger partial charge in [-0.3, -0.25) is 10.1 Å². The molecule has 1 aliphatic rings. The summed E-state index contributed by atoms with van der Waals surface area (Å²) in [6.07, 6.45) is 1.15. The molecule has 0 saturated carbocycles. The number of nitrogens with one attached hydrogen (secondary N) is 1. The van der Waals surface area contributed by atoms with Crippen LogP contribution in [0.3, 0.4) is 0 Å². The summed E-state index contributed by atoms with van der Waals surface area (Å²) in [6.45, 7) is 4.35. The van der Waals surface area contributed by atoms with E-state index >= 15 is 0 Å². The van der Waals surface area contributed by atoms with Crippen molar-refractivity contribution in [1.29, 1.82) is 0 Å². The molecule has 2 rings (SSSR count). The maximum absolute atomic E-state index is 11.6. The molecule has 1 saturated heterocycles. The molecule has 0 radical (unpaired) electrons. The van der Waals surface area contributed by atoms with Gasteiger partial charge in [-0.1, -0.05) is 0 Å². The summed E-state index contributed by atoms with van der Waals surface area (Å²) in [4.78, 5) is 20.3. The Labute approximate surface area is 122 Å². The van der Waals surface area contributed by atoms with E-state index in [1.807, 2.05) is 6.92 Å². The van der Waals surface area contributed by atoms with Gasteiger partial charge in [0, 0.05) is 19.1 Å². The highest BCUT2D eigenvalue weighted by Crippen LogP contribution is 2.29. The molecule has 9 nitrogen and oxygen atoms in total. The number of anilines is 2. The van der Waals surface area contributed by atoms with Gasteiger partial charge in [-0.25, -0.2) is 13.4 Å². The number of hydrogen-bond donors (Lipinski definition) is 1. The Hall–Kier alpha value is -1.97. The van der Waals surface area contributed by atoms with Gasteiger partial charge in [-0.05, 0) is 13.8 Å². The Morgan fingerprint density at radius 2 is 2.29 bits per heavy atom. The maximum atomic E-state index is 11.6. The first-order valence-corrected chi connectivity index (χ1v) is 8.38. The van der Waals surface area contributed by atoms with Gasteiger partial charge < -0.3 is 10.2 Å². The number of hydrogen-bond acceptors (Lipinski definition) is 8. The number of rotatable bonds is 4. The molecule has 1 fully saturated rings. The summed E-state index contributed by atoms with van der Waals surface area (Å²) in [5, 5.41) is 14.0. The van der Waals surface area contributed by atoms with Crippen LogP contribution >= 0.6 is 0 Å². The zero-order chi connectivity index (χ0) is 15.6. The van der Waals surface area contributed by atoms with Crippen molar-refractivity contribution in [3.05, 3.63) is 16.3 Å². The molecule has 2 heterocycles. The van der Waals surface area contributed by atoms with Crippen molar-refractivity contribution in [2.24, 2.45) is 0 Å². The van der Waals surface area contributed by atoms with Crippen LogP contribution in [0.15, 0.2) is 6.20 Å². The van der Waals surface area contributed by atoms with Crippen LogP contribution in [0.25, 0.3) is 0 Å². The monoisotopic (exact) mass is 315 g/mol. The lowest BCUT2D eigenvalue weighted by molar-refractivity contribution is -0.384. The molecule has 1 N–H and O–H groups in total. The van der Waals surface area contributed by atoms with Crippen LogP contribution in [0.4, 0.5) is 17.5 Å². The SMILES string of the molecule is CCNc1ncc([N+](=O)[O-])c(N2CCS(=O)(=O)CC2C)n1. The lowest BCUT2D eigenvalue weighted by atomic mass is 10.3. The largest absolute Gasteiger partial charge is 0.354 e. The predicted octanol–water partition coefficient (Wildman–Crippen LogP) is 0.440. The van der Waals surface area contributed by atoms with Crippen LogP contribution in [-0.2, 0) is 9.84 Å². The van der Waals surface area contributed by atoms with Crippen molar-refractivity contribution in [1.82, 2.24) is 9.97 Å². The van der Waals surface area contributed by atoms with E-state index in [2.05, 4.69) is 15.3 Å². The fourth-order valence-electron chi connectivity index (χ4n) is 2.26. The molecule has 0 aromatic carbocycles. The first kappa shape index (κ1) is 15.4. The standard InChI is InChI=1S/C11H17N5O4S/c1-3-12-11-13-6-9(16(17)18)10(14-11)15-4-5-21(19,20)7-8(15)2/h6,8H,3-5,7H2,1-2H3,(H,12,13,14). The summed E-state index contributed by atoms with van der Waals surface area (Å²) in [7, 11) is -3.10. The third-order valence-electron chi connectivity index (χ3n) is 3.22. The fraction of sp³-hybridized carbons (Fsp3) is 0.636. The minimum Gasteiger partial charge on any atom is -0.354 e. The average molecular weight is 315 g/mol. The molecule has 0 bridgehead atoms. The molecule has 21 heavy (non-hydrogen) atoms. The zero-order valence-electron chi connectivity index (χ0n) is 11.8. The Kier molecular flexibility index (Phi) is 4.26. The second-order valence-corrected chi connectivity index (χ2v) is 7.08. The van der Waals surface area contributed by atoms with Gasteiger partial charge in [-0.2, -0.15) is 4.98 Å². The first-order chi connectivity index (χ1) is 9.84. The zero-order valence-corrected chi connectivity index (χ0v) is 12.6. The fourth-order valence-corrected chi connectivity index (χ4v) is 3.82. The van der Waals surface area contributed by atoms with Crippen molar-refractivity contribution in [2.75, 3.05) is 34.8 Å². The molecule has 1 atom stereocenters. The van der Waals surface area contributed by atoms with Gasteiger partial charge in [-0.15, -0.1) is 0 Å². The van der Waals surface area contributed by atoms with E-state index < -0.39 is 14.8 Å². The van der Waals surface area contributed by atoms with E-state index in [0.717, 1.165) is 6.20 Å². The Balaban J connectivity index is 2.41. The third-order valence-corrected chi connectivity index (χ3v) is 5.02. The highest BCUT2D eigenvalue weighted by molar-refractivity contribution is 7.91. The molecule has 0 spiro atoms. The minimum atomic E-state index is -3.10. The van der Waals surface area contributed by atoms with Crippen molar-refractivity contribution in [2.45, 2.75) is 19.9 Å². The summed E-state index contributed by atoms with van der Waals surface area (Å²) in [5.74, 6) is 0.381. The molecule has 116 valence electrons. The highest BCUT2D eigenvalue weighted by atomic mass is 32.2. The van der Waals surface area contributed by atoms with Crippen LogP contribution in [0.2, 0.25) is 0 Å². The van der Waals surface area contributed by atoms with E-state index in [-0.39, 0.29) is 35.6 Å². The van der Waals surface area contributed by atoms with Crippen molar-refractivity contribution in [3.63, 3.8) is 0 Å². The van der Waals surface area contributed by atoms with Crippen molar-refractivity contribution >= 4 is 27.3 Å². The van der Waals surface area contributed by atoms with Gasteiger partial charge in [0.2, 0.25) is 11.8 Å². The van der Waals surface area contributed by atoms with Crippen molar-refractivity contribution in [3.8, 4) is 0 Å². The summed E-state index contributed by atoms with van der Waals surface area (Å²) in [6, 6.07) is -0.369. The molecule has 1 aromatic heterocycles. The second kappa shape index (κ2) is 5.80. The van der Waals surface area contributed by atoms with Crippen LogP contribution in [0.5, 0.6) is 0 Å². The van der Waals surface area contributed by atoms with E-state index in [1.165, 1.54) is 0 Å². The summed E-state index contributed by atoms with van der Waals surface area (Å²) >= 11 is 0. The maximum Gasteiger partial charge on any atom is 0.329 e. The normalized spacial score (nSPS) is 21.0. The first-order valence-electron chi connectivity index (χ1n) is 6.56. The Morgan fingerprint density at radius 3 is 2.86 bits per heavy atom.